The third kappa shape index (κ3) is 12.2. The molecule has 0 spiro atoms. The van der Waals surface area contributed by atoms with Crippen molar-refractivity contribution in [1.29, 1.82) is 0 Å². The molecule has 0 atom stereocenters. The first-order valence-corrected chi connectivity index (χ1v) is 5.68. The van der Waals surface area contributed by atoms with Crippen LogP contribution in [0, 0.1) is 0 Å². The van der Waals surface area contributed by atoms with Gasteiger partial charge in [-0.2, -0.15) is 12.6 Å². The molecule has 0 aromatic carbocycles. The fraction of sp³-hybridized carbons (Fsp3) is 1.00. The van der Waals surface area contributed by atoms with Crippen molar-refractivity contribution in [2.24, 2.45) is 0 Å². The summed E-state index contributed by atoms with van der Waals surface area (Å²) in [5.41, 5.74) is 0. The maximum Gasteiger partial charge on any atom is 0.0431 e. The summed E-state index contributed by atoms with van der Waals surface area (Å²) < 4.78 is 0. The van der Waals surface area contributed by atoms with Crippen molar-refractivity contribution >= 4 is 12.6 Å². The minimum absolute atomic E-state index is 0.311. The first kappa shape index (κ1) is 13.2. The molecule has 0 aromatic heterocycles. The van der Waals surface area contributed by atoms with E-state index >= 15 is 0 Å². The molecule has 0 aliphatic heterocycles. The van der Waals surface area contributed by atoms with E-state index in [2.05, 4.69) is 23.3 Å². The van der Waals surface area contributed by atoms with E-state index in [1.54, 1.807) is 0 Å². The highest BCUT2D eigenvalue weighted by atomic mass is 32.1. The zero-order valence-electron chi connectivity index (χ0n) is 8.26. The number of nitrogens with one attached hydrogen (secondary N) is 2. The van der Waals surface area contributed by atoms with E-state index in [-0.39, 0.29) is 0 Å². The summed E-state index contributed by atoms with van der Waals surface area (Å²) in [5.74, 6) is 0.907. The van der Waals surface area contributed by atoms with Crippen LogP contribution >= 0.6 is 12.6 Å². The molecule has 0 radical (unpaired) electrons. The summed E-state index contributed by atoms with van der Waals surface area (Å²) in [5, 5.41) is 15.1. The number of hydrogen-bond acceptors (Lipinski definition) is 4. The normalized spacial score (nSPS) is 10.6. The summed E-state index contributed by atoms with van der Waals surface area (Å²) >= 11 is 4.10. The molecule has 0 unspecified atom stereocenters. The van der Waals surface area contributed by atoms with Gasteiger partial charge in [0.2, 0.25) is 0 Å². The van der Waals surface area contributed by atoms with Crippen molar-refractivity contribution < 1.29 is 5.11 Å². The third-order valence-corrected chi connectivity index (χ3v) is 1.98. The smallest absolute Gasteiger partial charge is 0.0431 e. The van der Waals surface area contributed by atoms with Crippen LogP contribution in [-0.4, -0.2) is 43.6 Å². The number of unbranched alkanes of at least 4 members (excludes halogenated alkanes) is 1. The third-order valence-electron chi connectivity index (χ3n) is 1.76. The van der Waals surface area contributed by atoms with E-state index in [1.165, 1.54) is 0 Å². The van der Waals surface area contributed by atoms with E-state index in [1.807, 2.05) is 0 Å². The number of thiol groups is 1. The molecular weight excluding hydrogens is 184 g/mol. The lowest BCUT2D eigenvalue weighted by Crippen LogP contribution is -2.23. The molecule has 80 valence electrons. The Morgan fingerprint density at radius 1 is 0.846 bits per heavy atom. The van der Waals surface area contributed by atoms with Gasteiger partial charge in [0, 0.05) is 18.9 Å². The van der Waals surface area contributed by atoms with Crippen molar-refractivity contribution in [1.82, 2.24) is 10.6 Å². The van der Waals surface area contributed by atoms with E-state index in [0.29, 0.717) is 6.61 Å². The summed E-state index contributed by atoms with van der Waals surface area (Å²) in [4.78, 5) is 0. The first-order valence-electron chi connectivity index (χ1n) is 5.05. The minimum Gasteiger partial charge on any atom is -0.396 e. The Hall–Kier alpha value is 0.230. The Labute approximate surface area is 86.7 Å². The van der Waals surface area contributed by atoms with Crippen LogP contribution in [0.25, 0.3) is 0 Å². The average Bonchev–Trinajstić information content (AvgIpc) is 2.16. The van der Waals surface area contributed by atoms with Gasteiger partial charge in [-0.05, 0) is 38.9 Å². The maximum atomic E-state index is 8.52. The van der Waals surface area contributed by atoms with Gasteiger partial charge in [-0.25, -0.2) is 0 Å². The Balaban J connectivity index is 2.76. The highest BCUT2D eigenvalue weighted by Gasteiger charge is 1.88. The lowest BCUT2D eigenvalue weighted by molar-refractivity contribution is 0.283. The zero-order chi connectivity index (χ0) is 9.78. The monoisotopic (exact) mass is 206 g/mol. The fourth-order valence-electron chi connectivity index (χ4n) is 1.03. The van der Waals surface area contributed by atoms with E-state index in [4.69, 9.17) is 5.11 Å². The molecule has 13 heavy (non-hydrogen) atoms. The predicted molar refractivity (Wildman–Crippen MR) is 60.5 cm³/mol. The topological polar surface area (TPSA) is 44.3 Å². The highest BCUT2D eigenvalue weighted by molar-refractivity contribution is 7.80. The number of aliphatic hydroxyl groups is 1. The fourth-order valence-corrected chi connectivity index (χ4v) is 1.19. The molecule has 0 saturated carbocycles. The van der Waals surface area contributed by atoms with E-state index in [9.17, 15) is 0 Å². The van der Waals surface area contributed by atoms with Crippen LogP contribution < -0.4 is 10.6 Å². The quantitative estimate of drug-likeness (QED) is 0.306. The molecular formula is C9H22N2OS. The second-order valence-corrected chi connectivity index (χ2v) is 3.46. The van der Waals surface area contributed by atoms with E-state index in [0.717, 1.165) is 51.2 Å². The molecule has 3 N–H and O–H groups in total. The van der Waals surface area contributed by atoms with Gasteiger partial charge >= 0.3 is 0 Å². The van der Waals surface area contributed by atoms with Crippen molar-refractivity contribution in [3.8, 4) is 0 Å². The Morgan fingerprint density at radius 2 is 1.46 bits per heavy atom. The van der Waals surface area contributed by atoms with Crippen molar-refractivity contribution in [3.05, 3.63) is 0 Å². The van der Waals surface area contributed by atoms with Crippen LogP contribution in [0.5, 0.6) is 0 Å². The molecule has 0 heterocycles. The van der Waals surface area contributed by atoms with Crippen molar-refractivity contribution in [2.75, 3.05) is 38.5 Å². The molecule has 0 fully saturated rings. The maximum absolute atomic E-state index is 8.52. The van der Waals surface area contributed by atoms with Crippen molar-refractivity contribution in [3.63, 3.8) is 0 Å². The summed E-state index contributed by atoms with van der Waals surface area (Å²) in [7, 11) is 0. The summed E-state index contributed by atoms with van der Waals surface area (Å²) in [6.45, 7) is 4.45. The van der Waals surface area contributed by atoms with Crippen LogP contribution in [0.4, 0.5) is 0 Å². The molecule has 0 aliphatic carbocycles. The van der Waals surface area contributed by atoms with Gasteiger partial charge in [0.25, 0.3) is 0 Å². The Bertz CT molecular complexity index is 83.7. The minimum atomic E-state index is 0.311. The molecule has 0 amide bonds. The summed E-state index contributed by atoms with van der Waals surface area (Å²) in [6, 6.07) is 0. The molecule has 0 aromatic rings. The van der Waals surface area contributed by atoms with Gasteiger partial charge < -0.3 is 15.7 Å². The SMILES string of the molecule is OCCCCNCCCNCCS. The average molecular weight is 206 g/mol. The summed E-state index contributed by atoms with van der Waals surface area (Å²) in [6.07, 6.45) is 3.14. The lowest BCUT2D eigenvalue weighted by atomic mass is 10.3. The lowest BCUT2D eigenvalue weighted by Gasteiger charge is -2.04. The van der Waals surface area contributed by atoms with Gasteiger partial charge in [-0.1, -0.05) is 0 Å². The molecule has 3 nitrogen and oxygen atoms in total. The standard InChI is InChI=1S/C9H22N2OS/c12-8-2-1-4-10-5-3-6-11-7-9-13/h10-13H,1-9H2. The van der Waals surface area contributed by atoms with Gasteiger partial charge in [0.1, 0.15) is 0 Å². The second kappa shape index (κ2) is 12.2. The van der Waals surface area contributed by atoms with Gasteiger partial charge in [0.15, 0.2) is 0 Å². The number of hydrogen-bond donors (Lipinski definition) is 4. The van der Waals surface area contributed by atoms with Gasteiger partial charge in [-0.15, -0.1) is 0 Å². The molecule has 0 bridgehead atoms. The van der Waals surface area contributed by atoms with Crippen LogP contribution in [0.3, 0.4) is 0 Å². The van der Waals surface area contributed by atoms with Crippen LogP contribution in [0.1, 0.15) is 19.3 Å². The molecule has 0 rings (SSSR count). The van der Waals surface area contributed by atoms with Crippen molar-refractivity contribution in [2.45, 2.75) is 19.3 Å². The van der Waals surface area contributed by atoms with Crippen LogP contribution in [0.2, 0.25) is 0 Å². The van der Waals surface area contributed by atoms with Gasteiger partial charge in [0.05, 0.1) is 0 Å². The number of aliphatic hydroxyl groups excluding tert-OH is 1. The Morgan fingerprint density at radius 3 is 2.08 bits per heavy atom. The highest BCUT2D eigenvalue weighted by Crippen LogP contribution is 1.83. The first-order chi connectivity index (χ1) is 6.41. The number of rotatable bonds is 10. The van der Waals surface area contributed by atoms with E-state index < -0.39 is 0 Å². The largest absolute Gasteiger partial charge is 0.396 e. The molecule has 0 saturated heterocycles. The molecule has 0 aliphatic rings. The second-order valence-electron chi connectivity index (χ2n) is 3.01. The van der Waals surface area contributed by atoms with Gasteiger partial charge in [-0.3, -0.25) is 0 Å². The van der Waals surface area contributed by atoms with Crippen LogP contribution in [0.15, 0.2) is 0 Å². The van der Waals surface area contributed by atoms with Crippen LogP contribution in [-0.2, 0) is 0 Å². The zero-order valence-corrected chi connectivity index (χ0v) is 9.15. The predicted octanol–water partition coefficient (Wildman–Crippen LogP) is 0.258. The molecule has 4 heteroatoms. The Kier molecular flexibility index (Phi) is 12.4.